The topological polar surface area (TPSA) is 65.1 Å². The first-order chi connectivity index (χ1) is 12.8. The van der Waals surface area contributed by atoms with Gasteiger partial charge in [0.15, 0.2) is 11.2 Å². The van der Waals surface area contributed by atoms with Crippen molar-refractivity contribution in [3.63, 3.8) is 0 Å². The Bertz CT molecular complexity index is 1220. The second kappa shape index (κ2) is 6.13. The van der Waals surface area contributed by atoms with Gasteiger partial charge in [-0.2, -0.15) is 4.98 Å². The molecular formula is C19H20ClN5O2. The summed E-state index contributed by atoms with van der Waals surface area (Å²) in [5.41, 5.74) is 2.86. The van der Waals surface area contributed by atoms with E-state index < -0.39 is 5.69 Å². The number of benzene rings is 1. The highest BCUT2D eigenvalue weighted by Gasteiger charge is 2.29. The number of halogens is 1. The zero-order valence-electron chi connectivity index (χ0n) is 15.5. The van der Waals surface area contributed by atoms with Crippen LogP contribution in [0.2, 0.25) is 5.02 Å². The van der Waals surface area contributed by atoms with Crippen LogP contribution in [-0.4, -0.2) is 25.2 Å². The highest BCUT2D eigenvalue weighted by atomic mass is 35.5. The average Bonchev–Trinajstić information content (AvgIpc) is 3.18. The second-order valence-electron chi connectivity index (χ2n) is 7.01. The van der Waals surface area contributed by atoms with Crippen molar-refractivity contribution in [2.75, 3.05) is 11.4 Å². The lowest BCUT2D eigenvalue weighted by atomic mass is 10.2. The molecule has 2 aromatic heterocycles. The van der Waals surface area contributed by atoms with Crippen molar-refractivity contribution in [3.8, 4) is 0 Å². The van der Waals surface area contributed by atoms with E-state index in [1.54, 1.807) is 14.0 Å². The molecule has 140 valence electrons. The maximum atomic E-state index is 13.0. The Kier molecular flexibility index (Phi) is 3.99. The summed E-state index contributed by atoms with van der Waals surface area (Å²) in [7, 11) is 1.64. The molecule has 0 aliphatic carbocycles. The standard InChI is InChI=1S/C19H20ClN5O2/c1-11(2)10-25-17(26)15-16(22(4)19(25)27)21-18-23(7-8-24(15)18)14-9-13(20)6-5-12(14)3/h5-6,9H,1,7-8,10H2,2-4H3. The van der Waals surface area contributed by atoms with Gasteiger partial charge in [-0.15, -0.1) is 0 Å². The van der Waals surface area contributed by atoms with Gasteiger partial charge in [-0.1, -0.05) is 29.8 Å². The van der Waals surface area contributed by atoms with Gasteiger partial charge in [-0.25, -0.2) is 4.79 Å². The highest BCUT2D eigenvalue weighted by molar-refractivity contribution is 6.30. The number of fused-ring (bicyclic) bond motifs is 3. The fourth-order valence-corrected chi connectivity index (χ4v) is 3.76. The van der Waals surface area contributed by atoms with Crippen LogP contribution in [0.15, 0.2) is 39.9 Å². The fraction of sp³-hybridized carbons (Fsp3) is 0.316. The van der Waals surface area contributed by atoms with E-state index in [1.165, 1.54) is 9.13 Å². The molecule has 0 saturated carbocycles. The molecule has 0 spiro atoms. The summed E-state index contributed by atoms with van der Waals surface area (Å²) in [6.07, 6.45) is 0. The van der Waals surface area contributed by atoms with Crippen LogP contribution in [0.1, 0.15) is 12.5 Å². The lowest BCUT2D eigenvalue weighted by molar-refractivity contribution is 0.647. The summed E-state index contributed by atoms with van der Waals surface area (Å²) >= 11 is 6.18. The molecule has 1 aliphatic heterocycles. The first kappa shape index (κ1) is 17.6. The summed E-state index contributed by atoms with van der Waals surface area (Å²) < 4.78 is 4.52. The van der Waals surface area contributed by atoms with Gasteiger partial charge in [0.05, 0.1) is 6.54 Å². The molecule has 0 N–H and O–H groups in total. The Morgan fingerprint density at radius 3 is 2.74 bits per heavy atom. The van der Waals surface area contributed by atoms with Crippen LogP contribution in [0.5, 0.6) is 0 Å². The van der Waals surface area contributed by atoms with Crippen LogP contribution in [0.25, 0.3) is 11.2 Å². The van der Waals surface area contributed by atoms with Gasteiger partial charge in [0.25, 0.3) is 5.56 Å². The maximum Gasteiger partial charge on any atom is 0.332 e. The van der Waals surface area contributed by atoms with Crippen molar-refractivity contribution in [1.29, 1.82) is 0 Å². The van der Waals surface area contributed by atoms with Gasteiger partial charge in [0.2, 0.25) is 5.95 Å². The minimum atomic E-state index is -0.391. The minimum absolute atomic E-state index is 0.194. The SMILES string of the molecule is C=C(C)Cn1c(=O)c2c(nc3n2CCN3c2cc(Cl)ccc2C)n(C)c1=O. The van der Waals surface area contributed by atoms with Gasteiger partial charge in [-0.05, 0) is 31.5 Å². The molecule has 27 heavy (non-hydrogen) atoms. The first-order valence-corrected chi connectivity index (χ1v) is 9.05. The second-order valence-corrected chi connectivity index (χ2v) is 7.44. The Labute approximate surface area is 160 Å². The molecule has 1 aromatic carbocycles. The molecule has 0 amide bonds. The van der Waals surface area contributed by atoms with E-state index in [0.717, 1.165) is 16.8 Å². The van der Waals surface area contributed by atoms with E-state index in [2.05, 4.69) is 11.6 Å². The van der Waals surface area contributed by atoms with Gasteiger partial charge in [-0.3, -0.25) is 13.9 Å². The van der Waals surface area contributed by atoms with Crippen molar-refractivity contribution in [1.82, 2.24) is 18.7 Å². The van der Waals surface area contributed by atoms with E-state index in [9.17, 15) is 9.59 Å². The summed E-state index contributed by atoms with van der Waals surface area (Å²) in [5.74, 6) is 0.649. The predicted molar refractivity (Wildman–Crippen MR) is 107 cm³/mol. The average molecular weight is 386 g/mol. The molecule has 0 saturated heterocycles. The van der Waals surface area contributed by atoms with E-state index in [4.69, 9.17) is 11.6 Å². The molecule has 0 bridgehead atoms. The van der Waals surface area contributed by atoms with Crippen LogP contribution in [0, 0.1) is 6.92 Å². The lowest BCUT2D eigenvalue weighted by Crippen LogP contribution is -2.39. The number of rotatable bonds is 3. The lowest BCUT2D eigenvalue weighted by Gasteiger charge is -2.18. The Hall–Kier alpha value is -2.80. The summed E-state index contributed by atoms with van der Waals surface area (Å²) in [6, 6.07) is 5.70. The van der Waals surface area contributed by atoms with E-state index in [-0.39, 0.29) is 12.1 Å². The van der Waals surface area contributed by atoms with Gasteiger partial charge < -0.3 is 9.47 Å². The fourth-order valence-electron chi connectivity index (χ4n) is 3.59. The normalized spacial score (nSPS) is 13.4. The molecule has 0 fully saturated rings. The highest BCUT2D eigenvalue weighted by Crippen LogP contribution is 2.34. The number of anilines is 2. The third kappa shape index (κ3) is 2.61. The van der Waals surface area contributed by atoms with Crippen LogP contribution < -0.4 is 16.1 Å². The van der Waals surface area contributed by atoms with Gasteiger partial charge in [0.1, 0.15) is 0 Å². The van der Waals surface area contributed by atoms with Crippen molar-refractivity contribution in [2.24, 2.45) is 7.05 Å². The Balaban J connectivity index is 1.98. The van der Waals surface area contributed by atoms with Crippen LogP contribution >= 0.6 is 11.6 Å². The smallest absolute Gasteiger partial charge is 0.310 e. The van der Waals surface area contributed by atoms with Crippen molar-refractivity contribution >= 4 is 34.4 Å². The Morgan fingerprint density at radius 2 is 2.04 bits per heavy atom. The quantitative estimate of drug-likeness (QED) is 0.650. The molecule has 4 rings (SSSR count). The molecule has 3 aromatic rings. The third-order valence-electron chi connectivity index (χ3n) is 4.89. The molecule has 7 nitrogen and oxygen atoms in total. The number of aromatic nitrogens is 4. The number of hydrogen-bond acceptors (Lipinski definition) is 4. The number of nitrogens with zero attached hydrogens (tertiary/aromatic N) is 5. The summed E-state index contributed by atoms with van der Waals surface area (Å²) in [4.78, 5) is 32.3. The maximum absolute atomic E-state index is 13.0. The van der Waals surface area contributed by atoms with E-state index in [0.29, 0.717) is 35.2 Å². The predicted octanol–water partition coefficient (Wildman–Crippen LogP) is 2.59. The first-order valence-electron chi connectivity index (χ1n) is 8.67. The number of hydrogen-bond donors (Lipinski definition) is 0. The monoisotopic (exact) mass is 385 g/mol. The number of allylic oxidation sites excluding steroid dienone is 1. The van der Waals surface area contributed by atoms with Gasteiger partial charge in [0, 0.05) is 30.8 Å². The molecule has 3 heterocycles. The molecule has 0 atom stereocenters. The molecule has 8 heteroatoms. The van der Waals surface area contributed by atoms with Crippen molar-refractivity contribution in [2.45, 2.75) is 26.9 Å². The minimum Gasteiger partial charge on any atom is -0.310 e. The Morgan fingerprint density at radius 1 is 1.30 bits per heavy atom. The van der Waals surface area contributed by atoms with Gasteiger partial charge >= 0.3 is 5.69 Å². The zero-order valence-corrected chi connectivity index (χ0v) is 16.2. The van der Waals surface area contributed by atoms with E-state index in [1.807, 2.05) is 34.6 Å². The van der Waals surface area contributed by atoms with E-state index >= 15 is 0 Å². The largest absolute Gasteiger partial charge is 0.332 e. The molecular weight excluding hydrogens is 366 g/mol. The van der Waals surface area contributed by atoms with Crippen molar-refractivity contribution < 1.29 is 0 Å². The number of aryl methyl sites for hydroxylation is 2. The number of imidazole rings is 1. The molecule has 0 unspecified atom stereocenters. The summed E-state index contributed by atoms with van der Waals surface area (Å²) in [5, 5.41) is 0.640. The van der Waals surface area contributed by atoms with Crippen LogP contribution in [0.4, 0.5) is 11.6 Å². The van der Waals surface area contributed by atoms with Crippen LogP contribution in [-0.2, 0) is 20.1 Å². The summed E-state index contributed by atoms with van der Waals surface area (Å²) in [6.45, 7) is 9.11. The van der Waals surface area contributed by atoms with Crippen molar-refractivity contribution in [3.05, 3.63) is 61.8 Å². The molecule has 1 aliphatic rings. The third-order valence-corrected chi connectivity index (χ3v) is 5.13. The molecule has 0 radical (unpaired) electrons. The zero-order chi connectivity index (χ0) is 19.5. The van der Waals surface area contributed by atoms with Crippen LogP contribution in [0.3, 0.4) is 0 Å².